The molecule has 1 fully saturated rings. The number of fused-ring (bicyclic) bond motifs is 1. The number of likely N-dealkylation sites (tertiary alicyclic amines) is 1. The number of amides is 1. The van der Waals surface area contributed by atoms with Crippen LogP contribution in [0.4, 0.5) is 0 Å². The molecule has 1 saturated heterocycles. The molecule has 2 heterocycles. The number of hydrogen-bond acceptors (Lipinski definition) is 2. The molecular weight excluding hydrogens is 252 g/mol. The molecule has 1 aromatic heterocycles. The van der Waals surface area contributed by atoms with Crippen molar-refractivity contribution in [1.82, 2.24) is 9.64 Å². The minimum Gasteiger partial charge on any atom is -0.372 e. The quantitative estimate of drug-likeness (QED) is 0.715. The third-order valence-electron chi connectivity index (χ3n) is 3.75. The van der Waals surface area contributed by atoms with E-state index >= 15 is 0 Å². The van der Waals surface area contributed by atoms with Gasteiger partial charge in [0.15, 0.2) is 5.58 Å². The summed E-state index contributed by atoms with van der Waals surface area (Å²) in [6.45, 7) is 1.74. The zero-order valence-electron chi connectivity index (χ0n) is 11.0. The number of hydrogen-bond donors (Lipinski definition) is 0. The van der Waals surface area contributed by atoms with Gasteiger partial charge in [0.2, 0.25) is 0 Å². The van der Waals surface area contributed by atoms with Gasteiger partial charge < -0.3 is 9.42 Å². The number of aromatic nitrogens is 1. The largest absolute Gasteiger partial charge is 0.372 e. The third-order valence-corrected chi connectivity index (χ3v) is 3.75. The highest BCUT2D eigenvalue weighted by molar-refractivity contribution is 5.97. The van der Waals surface area contributed by atoms with Crippen molar-refractivity contribution >= 4 is 17.0 Å². The fourth-order valence-electron chi connectivity index (χ4n) is 2.45. The van der Waals surface area contributed by atoms with E-state index in [1.807, 2.05) is 53.4 Å². The van der Waals surface area contributed by atoms with Crippen LogP contribution in [0.1, 0.15) is 16.8 Å². The van der Waals surface area contributed by atoms with E-state index in [1.54, 1.807) is 4.74 Å². The summed E-state index contributed by atoms with van der Waals surface area (Å²) in [5.74, 6) is 0.0980. The van der Waals surface area contributed by atoms with Gasteiger partial charge in [0.1, 0.15) is 5.52 Å². The lowest BCUT2D eigenvalue weighted by molar-refractivity contribution is 0.0651. The van der Waals surface area contributed by atoms with Gasteiger partial charge in [0, 0.05) is 18.7 Å². The number of nitrogens with zero attached hydrogens (tertiary/aromatic N) is 2. The first kappa shape index (κ1) is 11.3. The molecule has 0 spiro atoms. The molecule has 4 heteroatoms. The molecule has 0 saturated carbocycles. The molecule has 2 aromatic carbocycles. The molecule has 0 bridgehead atoms. The van der Waals surface area contributed by atoms with Crippen LogP contribution in [0, 0.1) is 0 Å². The maximum Gasteiger partial charge on any atom is 0.253 e. The molecule has 0 N–H and O–H groups in total. The normalized spacial score (nSPS) is 14.5. The Morgan fingerprint density at radius 3 is 2.50 bits per heavy atom. The highest BCUT2D eigenvalue weighted by Crippen LogP contribution is 2.25. The van der Waals surface area contributed by atoms with Crippen molar-refractivity contribution in [3.8, 4) is 5.69 Å². The first-order chi connectivity index (χ1) is 9.83. The fraction of sp³-hybridized carbons (Fsp3) is 0.188. The summed E-state index contributed by atoms with van der Waals surface area (Å²) < 4.78 is 7.43. The van der Waals surface area contributed by atoms with Crippen molar-refractivity contribution in [2.45, 2.75) is 6.42 Å². The van der Waals surface area contributed by atoms with E-state index in [2.05, 4.69) is 0 Å². The van der Waals surface area contributed by atoms with Crippen LogP contribution in [0.5, 0.6) is 0 Å². The zero-order chi connectivity index (χ0) is 13.5. The van der Waals surface area contributed by atoms with E-state index in [4.69, 9.17) is 4.52 Å². The second-order valence-corrected chi connectivity index (χ2v) is 5.05. The maximum absolute atomic E-state index is 12.1. The molecule has 1 aliphatic heterocycles. The number of para-hydroxylation sites is 1. The molecule has 0 aliphatic carbocycles. The van der Waals surface area contributed by atoms with Crippen molar-refractivity contribution in [3.05, 3.63) is 54.1 Å². The van der Waals surface area contributed by atoms with E-state index < -0.39 is 0 Å². The maximum atomic E-state index is 12.1. The Bertz CT molecular complexity index is 766. The second kappa shape index (κ2) is 4.27. The first-order valence-corrected chi connectivity index (χ1v) is 6.79. The lowest BCUT2D eigenvalue weighted by atomic mass is 10.1. The molecule has 4 rings (SSSR count). The zero-order valence-corrected chi connectivity index (χ0v) is 11.0. The molecule has 0 unspecified atom stereocenters. The fourth-order valence-corrected chi connectivity index (χ4v) is 2.45. The van der Waals surface area contributed by atoms with Gasteiger partial charge in [-0.25, -0.2) is 0 Å². The summed E-state index contributed by atoms with van der Waals surface area (Å²) in [6.07, 6.45) is 1.11. The lowest BCUT2D eigenvalue weighted by Crippen LogP contribution is -2.42. The van der Waals surface area contributed by atoms with Crippen molar-refractivity contribution in [2.24, 2.45) is 0 Å². The van der Waals surface area contributed by atoms with Gasteiger partial charge in [-0.1, -0.05) is 18.2 Å². The Morgan fingerprint density at radius 2 is 1.85 bits per heavy atom. The second-order valence-electron chi connectivity index (χ2n) is 5.05. The van der Waals surface area contributed by atoms with Crippen molar-refractivity contribution in [3.63, 3.8) is 0 Å². The average Bonchev–Trinajstić information content (AvgIpc) is 2.39. The van der Waals surface area contributed by atoms with E-state index in [0.717, 1.165) is 36.3 Å². The monoisotopic (exact) mass is 266 g/mol. The molecule has 0 atom stereocenters. The highest BCUT2D eigenvalue weighted by atomic mass is 16.5. The Balaban J connectivity index is 1.68. The smallest absolute Gasteiger partial charge is 0.253 e. The number of rotatable bonds is 2. The van der Waals surface area contributed by atoms with Crippen molar-refractivity contribution in [2.75, 3.05) is 13.1 Å². The minimum absolute atomic E-state index is 0.0980. The molecule has 3 aromatic rings. The Morgan fingerprint density at radius 1 is 1.05 bits per heavy atom. The van der Waals surface area contributed by atoms with Crippen LogP contribution in [0.15, 0.2) is 53.1 Å². The Labute approximate surface area is 116 Å². The molecule has 0 radical (unpaired) electrons. The van der Waals surface area contributed by atoms with Crippen LogP contribution in [0.3, 0.4) is 0 Å². The van der Waals surface area contributed by atoms with Crippen molar-refractivity contribution < 1.29 is 9.32 Å². The van der Waals surface area contributed by atoms with Gasteiger partial charge in [-0.3, -0.25) is 4.79 Å². The summed E-state index contributed by atoms with van der Waals surface area (Å²) >= 11 is 0. The number of carbonyl (C=O) groups excluding carboxylic acids is 1. The van der Waals surface area contributed by atoms with E-state index in [0.29, 0.717) is 5.56 Å². The highest BCUT2D eigenvalue weighted by Gasteiger charge is 2.22. The Hall–Kier alpha value is -2.49. The summed E-state index contributed by atoms with van der Waals surface area (Å²) in [4.78, 5) is 14.0. The molecule has 1 aliphatic rings. The van der Waals surface area contributed by atoms with E-state index in [1.165, 1.54) is 0 Å². The molecular formula is C16H14N2O2. The molecule has 4 nitrogen and oxygen atoms in total. The van der Waals surface area contributed by atoms with Crippen LogP contribution in [0.2, 0.25) is 0 Å². The van der Waals surface area contributed by atoms with Crippen LogP contribution >= 0.6 is 0 Å². The summed E-state index contributed by atoms with van der Waals surface area (Å²) in [7, 11) is 0. The predicted molar refractivity (Wildman–Crippen MR) is 76.1 cm³/mol. The van der Waals surface area contributed by atoms with Gasteiger partial charge in [0.25, 0.3) is 5.91 Å². The van der Waals surface area contributed by atoms with E-state index in [-0.39, 0.29) is 5.91 Å². The van der Waals surface area contributed by atoms with Gasteiger partial charge in [-0.2, -0.15) is 4.74 Å². The van der Waals surface area contributed by atoms with Gasteiger partial charge in [-0.15, -0.1) is 0 Å². The lowest BCUT2D eigenvalue weighted by Gasteiger charge is -2.31. The number of carbonyl (C=O) groups is 1. The van der Waals surface area contributed by atoms with Crippen LogP contribution in [-0.2, 0) is 0 Å². The van der Waals surface area contributed by atoms with E-state index in [9.17, 15) is 4.79 Å². The SMILES string of the molecule is O=C(c1ccc2c(c1)on2-c1ccccc1)N1CCC1. The summed E-state index contributed by atoms with van der Waals surface area (Å²) in [5.41, 5.74) is 3.45. The molecule has 100 valence electrons. The summed E-state index contributed by atoms with van der Waals surface area (Å²) in [6, 6.07) is 15.5. The van der Waals surface area contributed by atoms with Gasteiger partial charge >= 0.3 is 0 Å². The standard InChI is InChI=1S/C16H14N2O2/c19-16(17-9-4-10-17)12-7-8-14-15(11-12)20-18(14)13-5-2-1-3-6-13/h1-3,5-8,11H,4,9-10H2. The van der Waals surface area contributed by atoms with Crippen molar-refractivity contribution in [1.29, 1.82) is 0 Å². The summed E-state index contributed by atoms with van der Waals surface area (Å²) in [5, 5.41) is 0. The topological polar surface area (TPSA) is 38.4 Å². The van der Waals surface area contributed by atoms with Crippen LogP contribution in [0.25, 0.3) is 16.8 Å². The average molecular weight is 266 g/mol. The van der Waals surface area contributed by atoms with Crippen LogP contribution in [-0.4, -0.2) is 28.6 Å². The van der Waals surface area contributed by atoms with Gasteiger partial charge in [-0.05, 0) is 36.8 Å². The number of benzene rings is 2. The first-order valence-electron chi connectivity index (χ1n) is 6.79. The third kappa shape index (κ3) is 1.65. The van der Waals surface area contributed by atoms with Crippen LogP contribution < -0.4 is 0 Å². The Kier molecular flexibility index (Phi) is 2.42. The van der Waals surface area contributed by atoms with Gasteiger partial charge in [0.05, 0.1) is 5.69 Å². The molecule has 1 amide bonds. The predicted octanol–water partition coefficient (Wildman–Crippen LogP) is 3.07. The molecule has 20 heavy (non-hydrogen) atoms. The minimum atomic E-state index is 0.0980.